The maximum absolute atomic E-state index is 14.0. The molecule has 2 aliphatic rings. The van der Waals surface area contributed by atoms with Crippen LogP contribution in [0.15, 0.2) is 36.7 Å². The molecule has 146 valence electrons. The molecular weight excluding hydrogens is 343 g/mol. The number of halogens is 1. The van der Waals surface area contributed by atoms with Crippen molar-refractivity contribution in [3.8, 4) is 5.69 Å². The highest BCUT2D eigenvalue weighted by Crippen LogP contribution is 2.24. The van der Waals surface area contributed by atoms with Crippen LogP contribution in [0.5, 0.6) is 0 Å². The molecule has 0 unspecified atom stereocenters. The molecule has 1 atom stereocenters. The minimum Gasteiger partial charge on any atom is -0.396 e. The molecule has 2 saturated heterocycles. The molecule has 0 saturated carbocycles. The number of aliphatic hydroxyl groups excluding tert-OH is 1. The third-order valence-corrected chi connectivity index (χ3v) is 6.05. The first kappa shape index (κ1) is 18.6. The van der Waals surface area contributed by atoms with E-state index in [1.54, 1.807) is 16.8 Å². The number of hydrogen-bond donors (Lipinski definition) is 1. The van der Waals surface area contributed by atoms with E-state index in [0.717, 1.165) is 51.1 Å². The number of aliphatic hydroxyl groups is 1. The standard InChI is InChI=1S/C21H29FN4O/c22-20-5-1-2-6-21(20)26-14-18(12-23-26)13-24-9-3-4-19(15-24)25-10-7-17(16-27)8-11-25/h1-2,5-6,12,14,17,19,27H,3-4,7-11,13,15-16H2/t19-/m0/s1. The fraction of sp³-hybridized carbons (Fsp3) is 0.571. The van der Waals surface area contributed by atoms with Crippen molar-refractivity contribution in [1.29, 1.82) is 0 Å². The van der Waals surface area contributed by atoms with E-state index in [1.165, 1.54) is 18.9 Å². The van der Waals surface area contributed by atoms with E-state index >= 15 is 0 Å². The zero-order valence-electron chi connectivity index (χ0n) is 15.8. The summed E-state index contributed by atoms with van der Waals surface area (Å²) in [7, 11) is 0. The van der Waals surface area contributed by atoms with Gasteiger partial charge in [-0.2, -0.15) is 5.10 Å². The van der Waals surface area contributed by atoms with E-state index in [4.69, 9.17) is 0 Å². The van der Waals surface area contributed by atoms with Gasteiger partial charge in [0.15, 0.2) is 0 Å². The minimum absolute atomic E-state index is 0.253. The monoisotopic (exact) mass is 372 g/mol. The number of nitrogens with zero attached hydrogens (tertiary/aromatic N) is 4. The number of piperidine rings is 2. The summed E-state index contributed by atoms with van der Waals surface area (Å²) >= 11 is 0. The Morgan fingerprint density at radius 2 is 1.93 bits per heavy atom. The van der Waals surface area contributed by atoms with Gasteiger partial charge in [-0.3, -0.25) is 9.80 Å². The second-order valence-electron chi connectivity index (χ2n) is 7.94. The Morgan fingerprint density at radius 3 is 2.70 bits per heavy atom. The number of aromatic nitrogens is 2. The minimum atomic E-state index is -0.253. The van der Waals surface area contributed by atoms with Gasteiger partial charge in [-0.05, 0) is 63.4 Å². The van der Waals surface area contributed by atoms with E-state index in [2.05, 4.69) is 14.9 Å². The zero-order valence-corrected chi connectivity index (χ0v) is 15.8. The van der Waals surface area contributed by atoms with Crippen molar-refractivity contribution in [3.63, 3.8) is 0 Å². The van der Waals surface area contributed by atoms with Crippen molar-refractivity contribution in [1.82, 2.24) is 19.6 Å². The SMILES string of the molecule is OCC1CCN([C@H]2CCCN(Cc3cnn(-c4ccccc4F)c3)C2)CC1. The molecule has 2 aliphatic heterocycles. The van der Waals surface area contributed by atoms with Gasteiger partial charge in [-0.1, -0.05) is 12.1 Å². The summed E-state index contributed by atoms with van der Waals surface area (Å²) in [6.45, 7) is 5.59. The van der Waals surface area contributed by atoms with Crippen molar-refractivity contribution in [2.24, 2.45) is 5.92 Å². The summed E-state index contributed by atoms with van der Waals surface area (Å²) in [5, 5.41) is 13.7. The second-order valence-corrected chi connectivity index (χ2v) is 7.94. The molecule has 1 aromatic heterocycles. The van der Waals surface area contributed by atoms with Gasteiger partial charge < -0.3 is 5.11 Å². The van der Waals surface area contributed by atoms with Crippen LogP contribution in [0.4, 0.5) is 4.39 Å². The van der Waals surface area contributed by atoms with Crippen LogP contribution in [-0.2, 0) is 6.54 Å². The number of likely N-dealkylation sites (tertiary alicyclic amines) is 2. The summed E-state index contributed by atoms with van der Waals surface area (Å²) in [5.74, 6) is 0.238. The van der Waals surface area contributed by atoms with Crippen LogP contribution in [0.2, 0.25) is 0 Å². The summed E-state index contributed by atoms with van der Waals surface area (Å²) in [6, 6.07) is 7.35. The molecule has 0 spiro atoms. The highest BCUT2D eigenvalue weighted by molar-refractivity contribution is 5.32. The van der Waals surface area contributed by atoms with Crippen molar-refractivity contribution in [2.45, 2.75) is 38.3 Å². The quantitative estimate of drug-likeness (QED) is 0.877. The first-order valence-corrected chi connectivity index (χ1v) is 10.1. The van der Waals surface area contributed by atoms with Crippen molar-refractivity contribution in [3.05, 3.63) is 48.0 Å². The van der Waals surface area contributed by atoms with Crippen molar-refractivity contribution >= 4 is 0 Å². The van der Waals surface area contributed by atoms with Crippen LogP contribution in [0.25, 0.3) is 5.69 Å². The topological polar surface area (TPSA) is 44.5 Å². The van der Waals surface area contributed by atoms with Gasteiger partial charge in [0.2, 0.25) is 0 Å². The molecule has 0 amide bonds. The van der Waals surface area contributed by atoms with E-state index in [9.17, 15) is 9.50 Å². The molecule has 2 aromatic rings. The molecule has 27 heavy (non-hydrogen) atoms. The Morgan fingerprint density at radius 1 is 1.11 bits per heavy atom. The van der Waals surface area contributed by atoms with Crippen LogP contribution >= 0.6 is 0 Å². The highest BCUT2D eigenvalue weighted by atomic mass is 19.1. The average Bonchev–Trinajstić information content (AvgIpc) is 3.17. The molecular formula is C21H29FN4O. The van der Waals surface area contributed by atoms with Gasteiger partial charge in [0.05, 0.1) is 6.20 Å². The van der Waals surface area contributed by atoms with Gasteiger partial charge in [0.1, 0.15) is 11.5 Å². The molecule has 0 bridgehead atoms. The summed E-state index contributed by atoms with van der Waals surface area (Å²) in [4.78, 5) is 5.11. The lowest BCUT2D eigenvalue weighted by atomic mass is 9.94. The summed E-state index contributed by atoms with van der Waals surface area (Å²) in [6.07, 6.45) is 8.49. The molecule has 0 aliphatic carbocycles. The molecule has 4 rings (SSSR count). The Labute approximate surface area is 160 Å². The lowest BCUT2D eigenvalue weighted by Crippen LogP contribution is -2.50. The molecule has 5 nitrogen and oxygen atoms in total. The number of rotatable bonds is 5. The van der Waals surface area contributed by atoms with E-state index in [0.29, 0.717) is 24.3 Å². The molecule has 0 radical (unpaired) electrons. The Balaban J connectivity index is 1.35. The van der Waals surface area contributed by atoms with Crippen LogP contribution < -0.4 is 0 Å². The van der Waals surface area contributed by atoms with E-state index in [1.807, 2.05) is 18.5 Å². The normalized spacial score (nSPS) is 23.0. The van der Waals surface area contributed by atoms with Gasteiger partial charge in [0.25, 0.3) is 0 Å². The van der Waals surface area contributed by atoms with Gasteiger partial charge in [-0.25, -0.2) is 9.07 Å². The lowest BCUT2D eigenvalue weighted by molar-refractivity contribution is 0.0544. The maximum Gasteiger partial charge on any atom is 0.148 e. The molecule has 2 fully saturated rings. The average molecular weight is 372 g/mol. The fourth-order valence-electron chi connectivity index (χ4n) is 4.44. The van der Waals surface area contributed by atoms with Crippen LogP contribution in [0.3, 0.4) is 0 Å². The Hall–Kier alpha value is -1.76. The number of hydrogen-bond acceptors (Lipinski definition) is 4. The Bertz CT molecular complexity index is 741. The predicted octanol–water partition coefficient (Wildman–Crippen LogP) is 2.68. The molecule has 1 aromatic carbocycles. The summed E-state index contributed by atoms with van der Waals surface area (Å²) < 4.78 is 15.6. The van der Waals surface area contributed by atoms with Gasteiger partial charge >= 0.3 is 0 Å². The van der Waals surface area contributed by atoms with Crippen LogP contribution in [0.1, 0.15) is 31.2 Å². The van der Waals surface area contributed by atoms with Crippen molar-refractivity contribution < 1.29 is 9.50 Å². The highest BCUT2D eigenvalue weighted by Gasteiger charge is 2.28. The largest absolute Gasteiger partial charge is 0.396 e. The Kier molecular flexibility index (Phi) is 5.86. The number of para-hydroxylation sites is 1. The number of benzene rings is 1. The maximum atomic E-state index is 14.0. The first-order chi connectivity index (χ1) is 13.2. The predicted molar refractivity (Wildman–Crippen MR) is 103 cm³/mol. The zero-order chi connectivity index (χ0) is 18.6. The van der Waals surface area contributed by atoms with Gasteiger partial charge in [0, 0.05) is 37.5 Å². The molecule has 1 N–H and O–H groups in total. The van der Waals surface area contributed by atoms with E-state index < -0.39 is 0 Å². The molecule has 6 heteroatoms. The van der Waals surface area contributed by atoms with Crippen molar-refractivity contribution in [2.75, 3.05) is 32.8 Å². The second kappa shape index (κ2) is 8.50. The van der Waals surface area contributed by atoms with Crippen LogP contribution in [-0.4, -0.2) is 63.5 Å². The molecule has 3 heterocycles. The summed E-state index contributed by atoms with van der Waals surface area (Å²) in [5.41, 5.74) is 1.62. The third kappa shape index (κ3) is 4.39. The van der Waals surface area contributed by atoms with Crippen LogP contribution in [0, 0.1) is 11.7 Å². The smallest absolute Gasteiger partial charge is 0.148 e. The van der Waals surface area contributed by atoms with E-state index in [-0.39, 0.29) is 5.82 Å². The fourth-order valence-corrected chi connectivity index (χ4v) is 4.44. The van der Waals surface area contributed by atoms with Gasteiger partial charge in [-0.15, -0.1) is 0 Å². The lowest BCUT2D eigenvalue weighted by Gasteiger charge is -2.42. The first-order valence-electron chi connectivity index (χ1n) is 10.1. The third-order valence-electron chi connectivity index (χ3n) is 6.05.